The highest BCUT2D eigenvalue weighted by Crippen LogP contribution is 2.16. The summed E-state index contributed by atoms with van der Waals surface area (Å²) in [5.74, 6) is 0. The molecule has 3 nitrogen and oxygen atoms in total. The van der Waals surface area contributed by atoms with Crippen molar-refractivity contribution in [1.82, 2.24) is 15.3 Å². The first kappa shape index (κ1) is 8.26. The lowest BCUT2D eigenvalue weighted by Gasteiger charge is -2.09. The highest BCUT2D eigenvalue weighted by atomic mass is 14.9. The van der Waals surface area contributed by atoms with E-state index in [2.05, 4.69) is 34.3 Å². The molecular formula is C10H13N3. The summed E-state index contributed by atoms with van der Waals surface area (Å²) in [6, 6.07) is 6.65. The van der Waals surface area contributed by atoms with E-state index in [1.54, 1.807) is 6.33 Å². The van der Waals surface area contributed by atoms with E-state index in [9.17, 15) is 0 Å². The van der Waals surface area contributed by atoms with Gasteiger partial charge in [0.15, 0.2) is 0 Å². The molecule has 0 spiro atoms. The van der Waals surface area contributed by atoms with Gasteiger partial charge in [-0.05, 0) is 31.7 Å². The van der Waals surface area contributed by atoms with Crippen LogP contribution in [0.25, 0.3) is 11.0 Å². The molecule has 0 saturated heterocycles. The Bertz CT molecular complexity index is 405. The molecule has 2 aromatic rings. The predicted octanol–water partition coefficient (Wildman–Crippen LogP) is 1.84. The van der Waals surface area contributed by atoms with Crippen LogP contribution in [0.2, 0.25) is 0 Å². The van der Waals surface area contributed by atoms with Crippen molar-refractivity contribution in [2.24, 2.45) is 0 Å². The quantitative estimate of drug-likeness (QED) is 0.731. The summed E-state index contributed by atoms with van der Waals surface area (Å²) in [7, 11) is 1.96. The minimum absolute atomic E-state index is 0.382. The minimum atomic E-state index is 0.382. The average molecular weight is 175 g/mol. The zero-order valence-electron chi connectivity index (χ0n) is 7.83. The molecule has 0 saturated carbocycles. The largest absolute Gasteiger partial charge is 0.345 e. The van der Waals surface area contributed by atoms with Gasteiger partial charge >= 0.3 is 0 Å². The molecule has 2 N–H and O–H groups in total. The molecule has 0 amide bonds. The van der Waals surface area contributed by atoms with Crippen molar-refractivity contribution in [2.45, 2.75) is 13.0 Å². The normalized spacial score (nSPS) is 13.4. The van der Waals surface area contributed by atoms with Crippen molar-refractivity contribution >= 4 is 11.0 Å². The minimum Gasteiger partial charge on any atom is -0.345 e. The van der Waals surface area contributed by atoms with Gasteiger partial charge in [-0.15, -0.1) is 0 Å². The first-order chi connectivity index (χ1) is 6.31. The maximum atomic E-state index is 4.17. The summed E-state index contributed by atoms with van der Waals surface area (Å²) in [6.07, 6.45) is 1.72. The highest BCUT2D eigenvalue weighted by Gasteiger charge is 2.03. The second kappa shape index (κ2) is 3.18. The first-order valence-electron chi connectivity index (χ1n) is 4.41. The second-order valence-corrected chi connectivity index (χ2v) is 3.19. The van der Waals surface area contributed by atoms with Gasteiger partial charge in [0, 0.05) is 6.04 Å². The van der Waals surface area contributed by atoms with Crippen molar-refractivity contribution in [3.05, 3.63) is 30.1 Å². The van der Waals surface area contributed by atoms with Gasteiger partial charge < -0.3 is 10.3 Å². The summed E-state index contributed by atoms with van der Waals surface area (Å²) in [5, 5.41) is 3.20. The molecule has 1 aromatic heterocycles. The molecule has 13 heavy (non-hydrogen) atoms. The molecule has 0 fully saturated rings. The Morgan fingerprint density at radius 3 is 3.08 bits per heavy atom. The number of aromatic nitrogens is 2. The summed E-state index contributed by atoms with van der Waals surface area (Å²) in [6.45, 7) is 2.14. The van der Waals surface area contributed by atoms with Gasteiger partial charge in [-0.3, -0.25) is 0 Å². The van der Waals surface area contributed by atoms with Gasteiger partial charge in [0.2, 0.25) is 0 Å². The van der Waals surface area contributed by atoms with E-state index in [0.717, 1.165) is 11.0 Å². The third kappa shape index (κ3) is 1.42. The summed E-state index contributed by atoms with van der Waals surface area (Å²) < 4.78 is 0. The van der Waals surface area contributed by atoms with Crippen molar-refractivity contribution in [1.29, 1.82) is 0 Å². The van der Waals surface area contributed by atoms with Crippen molar-refractivity contribution in [3.63, 3.8) is 0 Å². The summed E-state index contributed by atoms with van der Waals surface area (Å²) in [5.41, 5.74) is 3.39. The second-order valence-electron chi connectivity index (χ2n) is 3.19. The number of nitrogens with zero attached hydrogens (tertiary/aromatic N) is 1. The fraction of sp³-hybridized carbons (Fsp3) is 0.300. The lowest BCUT2D eigenvalue weighted by atomic mass is 10.1. The topological polar surface area (TPSA) is 40.7 Å². The predicted molar refractivity (Wildman–Crippen MR) is 53.6 cm³/mol. The van der Waals surface area contributed by atoms with Gasteiger partial charge in [-0.2, -0.15) is 0 Å². The number of hydrogen-bond acceptors (Lipinski definition) is 2. The molecule has 1 atom stereocenters. The van der Waals surface area contributed by atoms with Crippen LogP contribution in [0.15, 0.2) is 24.5 Å². The molecule has 0 aliphatic carbocycles. The molecular weight excluding hydrogens is 162 g/mol. The molecule has 0 aliphatic heterocycles. The van der Waals surface area contributed by atoms with Crippen LogP contribution in [-0.2, 0) is 0 Å². The van der Waals surface area contributed by atoms with Crippen LogP contribution >= 0.6 is 0 Å². The molecule has 1 aromatic carbocycles. The number of hydrogen-bond donors (Lipinski definition) is 2. The van der Waals surface area contributed by atoms with Crippen LogP contribution < -0.4 is 5.32 Å². The molecule has 68 valence electrons. The Balaban J connectivity index is 2.48. The van der Waals surface area contributed by atoms with Crippen LogP contribution in [0.4, 0.5) is 0 Å². The highest BCUT2D eigenvalue weighted by molar-refractivity contribution is 5.75. The van der Waals surface area contributed by atoms with Crippen molar-refractivity contribution in [3.8, 4) is 0 Å². The Labute approximate surface area is 77.2 Å². The van der Waals surface area contributed by atoms with Crippen LogP contribution in [0.1, 0.15) is 18.5 Å². The van der Waals surface area contributed by atoms with Gasteiger partial charge in [0.25, 0.3) is 0 Å². The zero-order chi connectivity index (χ0) is 9.26. The number of aromatic amines is 1. The van der Waals surface area contributed by atoms with Gasteiger partial charge in [0.1, 0.15) is 0 Å². The van der Waals surface area contributed by atoms with Crippen molar-refractivity contribution in [2.75, 3.05) is 7.05 Å². The fourth-order valence-electron chi connectivity index (χ4n) is 1.39. The maximum Gasteiger partial charge on any atom is 0.0931 e. The molecule has 3 heteroatoms. The number of fused-ring (bicyclic) bond motifs is 1. The molecule has 0 aliphatic rings. The fourth-order valence-corrected chi connectivity index (χ4v) is 1.39. The lowest BCUT2D eigenvalue weighted by Crippen LogP contribution is -2.11. The monoisotopic (exact) mass is 175 g/mol. The van der Waals surface area contributed by atoms with Gasteiger partial charge in [0.05, 0.1) is 17.4 Å². The SMILES string of the molecule is CNC(C)c1ccc2nc[nH]c2c1. The summed E-state index contributed by atoms with van der Waals surface area (Å²) >= 11 is 0. The standard InChI is InChI=1S/C10H13N3/c1-7(11-2)8-3-4-9-10(5-8)13-6-12-9/h3-7,11H,1-2H3,(H,12,13). The number of rotatable bonds is 2. The number of nitrogens with one attached hydrogen (secondary N) is 2. The third-order valence-electron chi connectivity index (χ3n) is 2.38. The Hall–Kier alpha value is -1.35. The van der Waals surface area contributed by atoms with Crippen LogP contribution in [0.5, 0.6) is 0 Å². The van der Waals surface area contributed by atoms with E-state index in [-0.39, 0.29) is 0 Å². The molecule has 1 heterocycles. The summed E-state index contributed by atoms with van der Waals surface area (Å²) in [4.78, 5) is 7.27. The zero-order valence-corrected chi connectivity index (χ0v) is 7.83. The van der Waals surface area contributed by atoms with Crippen LogP contribution in [0, 0.1) is 0 Å². The average Bonchev–Trinajstić information content (AvgIpc) is 2.63. The maximum absolute atomic E-state index is 4.17. The number of H-pyrrole nitrogens is 1. The lowest BCUT2D eigenvalue weighted by molar-refractivity contribution is 0.653. The Morgan fingerprint density at radius 2 is 2.31 bits per heavy atom. The van der Waals surface area contributed by atoms with E-state index in [0.29, 0.717) is 6.04 Å². The Morgan fingerprint density at radius 1 is 1.46 bits per heavy atom. The molecule has 2 rings (SSSR count). The Kier molecular flexibility index (Phi) is 2.02. The van der Waals surface area contributed by atoms with E-state index in [4.69, 9.17) is 0 Å². The first-order valence-corrected chi connectivity index (χ1v) is 4.41. The van der Waals surface area contributed by atoms with Crippen LogP contribution in [0.3, 0.4) is 0 Å². The smallest absolute Gasteiger partial charge is 0.0931 e. The third-order valence-corrected chi connectivity index (χ3v) is 2.38. The number of benzene rings is 1. The van der Waals surface area contributed by atoms with Crippen LogP contribution in [-0.4, -0.2) is 17.0 Å². The van der Waals surface area contributed by atoms with Gasteiger partial charge in [-0.1, -0.05) is 6.07 Å². The van der Waals surface area contributed by atoms with Crippen molar-refractivity contribution < 1.29 is 0 Å². The van der Waals surface area contributed by atoms with E-state index >= 15 is 0 Å². The van der Waals surface area contributed by atoms with Gasteiger partial charge in [-0.25, -0.2) is 4.98 Å². The van der Waals surface area contributed by atoms with E-state index < -0.39 is 0 Å². The molecule has 0 bridgehead atoms. The van der Waals surface area contributed by atoms with E-state index in [1.807, 2.05) is 13.1 Å². The molecule has 0 radical (unpaired) electrons. The molecule has 1 unspecified atom stereocenters. The van der Waals surface area contributed by atoms with E-state index in [1.165, 1.54) is 5.56 Å². The number of imidazole rings is 1.